The van der Waals surface area contributed by atoms with Crippen molar-refractivity contribution in [3.05, 3.63) is 81.0 Å². The van der Waals surface area contributed by atoms with Crippen LogP contribution in [0.5, 0.6) is 0 Å². The molecule has 1 heterocycles. The highest BCUT2D eigenvalue weighted by molar-refractivity contribution is 7.89. The van der Waals surface area contributed by atoms with Crippen LogP contribution in [0.1, 0.15) is 9.67 Å². The molecule has 0 aliphatic heterocycles. The number of carbonyl (C=O) groups is 1. The lowest BCUT2D eigenvalue weighted by Crippen LogP contribution is -2.34. The number of benzene rings is 2. The fraction of sp³-hybridized carbons (Fsp3) is 0.105. The zero-order chi connectivity index (χ0) is 20.9. The van der Waals surface area contributed by atoms with Crippen molar-refractivity contribution in [2.45, 2.75) is 4.90 Å². The zero-order valence-corrected chi connectivity index (χ0v) is 16.7. The van der Waals surface area contributed by atoms with Crippen molar-refractivity contribution in [1.82, 2.24) is 10.0 Å². The first-order valence-electron chi connectivity index (χ1n) is 8.54. The molecule has 0 aliphatic rings. The molecular weight excluding hydrogens is 414 g/mol. The molecule has 0 radical (unpaired) electrons. The summed E-state index contributed by atoms with van der Waals surface area (Å²) in [6.07, 6.45) is 0. The molecule has 3 aromatic rings. The summed E-state index contributed by atoms with van der Waals surface area (Å²) >= 11 is 1.30. The minimum absolute atomic E-state index is 0.0528. The van der Waals surface area contributed by atoms with Crippen LogP contribution in [0.3, 0.4) is 0 Å². The lowest BCUT2D eigenvalue weighted by molar-refractivity contribution is -0.385. The van der Waals surface area contributed by atoms with E-state index in [0.29, 0.717) is 4.88 Å². The van der Waals surface area contributed by atoms with Gasteiger partial charge in [-0.15, -0.1) is 11.3 Å². The molecule has 2 aromatic carbocycles. The van der Waals surface area contributed by atoms with E-state index < -0.39 is 14.9 Å². The number of carbonyl (C=O) groups excluding carboxylic acids is 1. The van der Waals surface area contributed by atoms with E-state index in [1.54, 1.807) is 0 Å². The summed E-state index contributed by atoms with van der Waals surface area (Å²) in [5, 5.41) is 15.3. The van der Waals surface area contributed by atoms with Crippen LogP contribution in [-0.2, 0) is 10.0 Å². The third-order valence-corrected chi connectivity index (χ3v) is 6.37. The van der Waals surface area contributed by atoms with Crippen LogP contribution in [0.25, 0.3) is 11.1 Å². The molecule has 0 unspecified atom stereocenters. The highest BCUT2D eigenvalue weighted by Gasteiger charge is 2.18. The van der Waals surface area contributed by atoms with E-state index in [-0.39, 0.29) is 29.6 Å². The van der Waals surface area contributed by atoms with E-state index in [9.17, 15) is 23.3 Å². The van der Waals surface area contributed by atoms with Gasteiger partial charge in [0.25, 0.3) is 11.6 Å². The number of amides is 1. The van der Waals surface area contributed by atoms with Crippen molar-refractivity contribution in [3.8, 4) is 11.1 Å². The molecule has 150 valence electrons. The third kappa shape index (κ3) is 5.05. The van der Waals surface area contributed by atoms with Gasteiger partial charge in [-0.05, 0) is 23.1 Å². The Balaban J connectivity index is 1.58. The summed E-state index contributed by atoms with van der Waals surface area (Å²) in [5.74, 6) is -0.298. The molecule has 0 fully saturated rings. The van der Waals surface area contributed by atoms with E-state index in [0.717, 1.165) is 17.2 Å². The van der Waals surface area contributed by atoms with Crippen molar-refractivity contribution in [3.63, 3.8) is 0 Å². The van der Waals surface area contributed by atoms with Crippen LogP contribution < -0.4 is 10.0 Å². The Kier molecular flexibility index (Phi) is 6.37. The molecule has 0 saturated carbocycles. The molecule has 0 saturated heterocycles. The SMILES string of the molecule is O=C(NCCNS(=O)(=O)c1cccc([N+](=O)[O-])c1)c1sccc1-c1ccccc1. The number of nitro groups is 1. The van der Waals surface area contributed by atoms with E-state index >= 15 is 0 Å². The van der Waals surface area contributed by atoms with Gasteiger partial charge in [-0.3, -0.25) is 14.9 Å². The van der Waals surface area contributed by atoms with Crippen molar-refractivity contribution in [2.75, 3.05) is 13.1 Å². The lowest BCUT2D eigenvalue weighted by Gasteiger charge is -2.09. The first-order chi connectivity index (χ1) is 13.9. The van der Waals surface area contributed by atoms with Crippen molar-refractivity contribution >= 4 is 33.0 Å². The lowest BCUT2D eigenvalue weighted by atomic mass is 10.1. The molecule has 10 heteroatoms. The third-order valence-electron chi connectivity index (χ3n) is 4.00. The van der Waals surface area contributed by atoms with Gasteiger partial charge < -0.3 is 5.32 Å². The minimum atomic E-state index is -3.92. The summed E-state index contributed by atoms with van der Waals surface area (Å²) in [5.41, 5.74) is 1.42. The number of hydrogen-bond donors (Lipinski definition) is 2. The molecule has 0 atom stereocenters. The maximum absolute atomic E-state index is 12.5. The van der Waals surface area contributed by atoms with Gasteiger partial charge in [0.1, 0.15) is 0 Å². The fourth-order valence-electron chi connectivity index (χ4n) is 2.62. The largest absolute Gasteiger partial charge is 0.350 e. The van der Waals surface area contributed by atoms with Crippen LogP contribution in [-0.4, -0.2) is 32.3 Å². The van der Waals surface area contributed by atoms with Crippen LogP contribution in [0.2, 0.25) is 0 Å². The number of non-ortho nitro benzene ring substituents is 1. The molecular formula is C19H17N3O5S2. The number of rotatable bonds is 8. The second-order valence-corrected chi connectivity index (χ2v) is 8.62. The van der Waals surface area contributed by atoms with Gasteiger partial charge in [0.05, 0.1) is 14.7 Å². The number of nitrogens with one attached hydrogen (secondary N) is 2. The zero-order valence-electron chi connectivity index (χ0n) is 15.1. The topological polar surface area (TPSA) is 118 Å². The molecule has 29 heavy (non-hydrogen) atoms. The van der Waals surface area contributed by atoms with E-state index in [2.05, 4.69) is 10.0 Å². The van der Waals surface area contributed by atoms with Crippen LogP contribution in [0.15, 0.2) is 70.9 Å². The van der Waals surface area contributed by atoms with Crippen LogP contribution in [0, 0.1) is 10.1 Å². The highest BCUT2D eigenvalue weighted by Crippen LogP contribution is 2.28. The smallest absolute Gasteiger partial charge is 0.270 e. The Bertz CT molecular complexity index is 1130. The second kappa shape index (κ2) is 8.95. The Morgan fingerprint density at radius 2 is 1.79 bits per heavy atom. The quantitative estimate of drug-likeness (QED) is 0.323. The molecule has 1 aromatic heterocycles. The number of nitro benzene ring substituents is 1. The maximum Gasteiger partial charge on any atom is 0.270 e. The first kappa shape index (κ1) is 20.6. The predicted octanol–water partition coefficient (Wildman–Crippen LogP) is 3.03. The van der Waals surface area contributed by atoms with E-state index in [1.807, 2.05) is 41.8 Å². The first-order valence-corrected chi connectivity index (χ1v) is 10.9. The average molecular weight is 431 g/mol. The second-order valence-electron chi connectivity index (χ2n) is 5.94. The molecule has 8 nitrogen and oxygen atoms in total. The van der Waals surface area contributed by atoms with Crippen LogP contribution in [0.4, 0.5) is 5.69 Å². The van der Waals surface area contributed by atoms with Gasteiger partial charge in [0, 0.05) is 30.8 Å². The summed E-state index contributed by atoms with van der Waals surface area (Å²) in [4.78, 5) is 22.9. The monoisotopic (exact) mass is 431 g/mol. The Labute approximate surface area is 171 Å². The normalized spacial score (nSPS) is 11.2. The maximum atomic E-state index is 12.5. The summed E-state index contributed by atoms with van der Waals surface area (Å²) in [7, 11) is -3.92. The average Bonchev–Trinajstić information content (AvgIpc) is 3.22. The van der Waals surface area contributed by atoms with Gasteiger partial charge in [0.2, 0.25) is 10.0 Å². The Morgan fingerprint density at radius 3 is 2.52 bits per heavy atom. The minimum Gasteiger partial charge on any atom is -0.350 e. The molecule has 2 N–H and O–H groups in total. The number of hydrogen-bond acceptors (Lipinski definition) is 6. The predicted molar refractivity (Wildman–Crippen MR) is 110 cm³/mol. The Morgan fingerprint density at radius 1 is 1.03 bits per heavy atom. The van der Waals surface area contributed by atoms with Crippen molar-refractivity contribution in [2.24, 2.45) is 0 Å². The van der Waals surface area contributed by atoms with E-state index in [4.69, 9.17) is 0 Å². The Hall–Kier alpha value is -3.08. The van der Waals surface area contributed by atoms with E-state index in [1.165, 1.54) is 29.5 Å². The van der Waals surface area contributed by atoms with Crippen LogP contribution >= 0.6 is 11.3 Å². The molecule has 3 rings (SSSR count). The molecule has 0 bridgehead atoms. The molecule has 0 aliphatic carbocycles. The van der Waals surface area contributed by atoms with Gasteiger partial charge in [0.15, 0.2) is 0 Å². The summed E-state index contributed by atoms with van der Waals surface area (Å²) < 4.78 is 26.9. The summed E-state index contributed by atoms with van der Waals surface area (Å²) in [6.45, 7) is 0.0158. The molecule has 0 spiro atoms. The van der Waals surface area contributed by atoms with Crippen molar-refractivity contribution in [1.29, 1.82) is 0 Å². The number of thiophene rings is 1. The van der Waals surface area contributed by atoms with Gasteiger partial charge in [-0.2, -0.15) is 0 Å². The van der Waals surface area contributed by atoms with Crippen molar-refractivity contribution < 1.29 is 18.1 Å². The standard InChI is InChI=1S/C19H17N3O5S2/c23-19(18-17(9-12-28-18)14-5-2-1-3-6-14)20-10-11-21-29(26,27)16-8-4-7-15(13-16)22(24)25/h1-9,12-13,21H,10-11H2,(H,20,23). The number of nitrogens with zero attached hydrogens (tertiary/aromatic N) is 1. The van der Waals surface area contributed by atoms with Gasteiger partial charge in [-0.25, -0.2) is 13.1 Å². The summed E-state index contributed by atoms with van der Waals surface area (Å²) in [6, 6.07) is 16.1. The number of sulfonamides is 1. The molecule has 1 amide bonds. The van der Waals surface area contributed by atoms with Gasteiger partial charge in [-0.1, -0.05) is 36.4 Å². The fourth-order valence-corrected chi connectivity index (χ4v) is 4.52. The van der Waals surface area contributed by atoms with Gasteiger partial charge >= 0.3 is 0 Å². The highest BCUT2D eigenvalue weighted by atomic mass is 32.2.